The van der Waals surface area contributed by atoms with Crippen molar-refractivity contribution in [1.82, 2.24) is 5.32 Å². The van der Waals surface area contributed by atoms with Gasteiger partial charge in [-0.2, -0.15) is 0 Å². The van der Waals surface area contributed by atoms with E-state index in [1.165, 1.54) is 0 Å². The molecule has 1 N–H and O–H groups in total. The molecule has 0 saturated carbocycles. The molecule has 1 aliphatic heterocycles. The first-order chi connectivity index (χ1) is 7.29. The van der Waals surface area contributed by atoms with Gasteiger partial charge >= 0.3 is 0 Å². The Morgan fingerprint density at radius 3 is 2.87 bits per heavy atom. The fraction of sp³-hybridized carbons (Fsp3) is 0.333. The third kappa shape index (κ3) is 2.06. The monoisotopic (exact) mass is 202 g/mol. The summed E-state index contributed by atoms with van der Waals surface area (Å²) in [6, 6.07) is 7.59. The zero-order valence-electron chi connectivity index (χ0n) is 8.79. The average Bonchev–Trinajstić information content (AvgIpc) is 2.30. The van der Waals surface area contributed by atoms with Crippen molar-refractivity contribution < 1.29 is 4.79 Å². The van der Waals surface area contributed by atoms with Crippen LogP contribution in [-0.2, 0) is 0 Å². The zero-order chi connectivity index (χ0) is 10.7. The van der Waals surface area contributed by atoms with E-state index < -0.39 is 0 Å². The van der Waals surface area contributed by atoms with Crippen molar-refractivity contribution in [2.24, 2.45) is 4.99 Å². The second-order valence-electron chi connectivity index (χ2n) is 3.61. The molecule has 0 spiro atoms. The molecule has 0 aliphatic carbocycles. The third-order valence-electron chi connectivity index (χ3n) is 2.46. The maximum atomic E-state index is 11.4. The molecule has 0 unspecified atom stereocenters. The number of aliphatic imine (C=N–C) groups is 1. The van der Waals surface area contributed by atoms with Gasteiger partial charge in [0.2, 0.25) is 0 Å². The summed E-state index contributed by atoms with van der Waals surface area (Å²) >= 11 is 0. The van der Waals surface area contributed by atoms with Gasteiger partial charge in [0, 0.05) is 24.2 Å². The van der Waals surface area contributed by atoms with Crippen molar-refractivity contribution in [2.45, 2.75) is 13.3 Å². The van der Waals surface area contributed by atoms with Crippen molar-refractivity contribution in [2.75, 3.05) is 13.1 Å². The Labute approximate surface area is 89.2 Å². The molecule has 0 saturated heterocycles. The highest BCUT2D eigenvalue weighted by molar-refractivity contribution is 6.09. The number of hydrogen-bond donors (Lipinski definition) is 1. The van der Waals surface area contributed by atoms with Gasteiger partial charge in [0.25, 0.3) is 0 Å². The summed E-state index contributed by atoms with van der Waals surface area (Å²) in [4.78, 5) is 15.8. The predicted octanol–water partition coefficient (Wildman–Crippen LogP) is 1.63. The molecule has 1 aromatic rings. The lowest BCUT2D eigenvalue weighted by Crippen LogP contribution is -2.31. The van der Waals surface area contributed by atoms with E-state index in [0.29, 0.717) is 0 Å². The number of amidine groups is 1. The summed E-state index contributed by atoms with van der Waals surface area (Å²) in [5.74, 6) is 0.938. The van der Waals surface area contributed by atoms with Crippen LogP contribution in [0.4, 0.5) is 0 Å². The van der Waals surface area contributed by atoms with Gasteiger partial charge in [0.1, 0.15) is 5.84 Å². The molecule has 0 aromatic heterocycles. The Morgan fingerprint density at radius 2 is 2.20 bits per heavy atom. The van der Waals surface area contributed by atoms with E-state index in [4.69, 9.17) is 0 Å². The maximum absolute atomic E-state index is 11.4. The van der Waals surface area contributed by atoms with Crippen LogP contribution in [0.25, 0.3) is 0 Å². The van der Waals surface area contributed by atoms with Gasteiger partial charge < -0.3 is 5.32 Å². The first kappa shape index (κ1) is 9.90. The van der Waals surface area contributed by atoms with Crippen LogP contribution in [-0.4, -0.2) is 24.7 Å². The lowest BCUT2D eigenvalue weighted by molar-refractivity contribution is 0.101. The number of benzene rings is 1. The summed E-state index contributed by atoms with van der Waals surface area (Å²) in [6.45, 7) is 3.36. The highest BCUT2D eigenvalue weighted by Gasteiger charge is 2.13. The summed E-state index contributed by atoms with van der Waals surface area (Å²) in [7, 11) is 0. The number of carbonyl (C=O) groups excluding carboxylic acids is 1. The van der Waals surface area contributed by atoms with Crippen LogP contribution in [0.3, 0.4) is 0 Å². The van der Waals surface area contributed by atoms with Gasteiger partial charge in [-0.1, -0.05) is 24.3 Å². The number of ketones is 1. The Hall–Kier alpha value is -1.64. The summed E-state index contributed by atoms with van der Waals surface area (Å²) in [5.41, 5.74) is 1.66. The zero-order valence-corrected chi connectivity index (χ0v) is 8.79. The van der Waals surface area contributed by atoms with Gasteiger partial charge in [0.05, 0.1) is 0 Å². The Bertz CT molecular complexity index is 410. The quantitative estimate of drug-likeness (QED) is 0.740. The van der Waals surface area contributed by atoms with Crippen molar-refractivity contribution in [3.63, 3.8) is 0 Å². The minimum atomic E-state index is 0.0840. The molecule has 0 atom stereocenters. The number of nitrogens with zero attached hydrogens (tertiary/aromatic N) is 1. The lowest BCUT2D eigenvalue weighted by atomic mass is 10.0. The fourth-order valence-corrected chi connectivity index (χ4v) is 1.71. The summed E-state index contributed by atoms with van der Waals surface area (Å²) in [5, 5.41) is 3.23. The van der Waals surface area contributed by atoms with Gasteiger partial charge in [-0.15, -0.1) is 0 Å². The second kappa shape index (κ2) is 4.26. The average molecular weight is 202 g/mol. The first-order valence-electron chi connectivity index (χ1n) is 5.17. The summed E-state index contributed by atoms with van der Waals surface area (Å²) < 4.78 is 0. The molecule has 3 nitrogen and oxygen atoms in total. The topological polar surface area (TPSA) is 41.5 Å². The Kier molecular flexibility index (Phi) is 2.81. The van der Waals surface area contributed by atoms with Gasteiger partial charge in [-0.25, -0.2) is 0 Å². The van der Waals surface area contributed by atoms with E-state index in [9.17, 15) is 4.79 Å². The highest BCUT2D eigenvalue weighted by Crippen LogP contribution is 2.11. The predicted molar refractivity (Wildman–Crippen MR) is 60.5 cm³/mol. The number of Topliss-reactive ketones (excluding diaryl/α,β-unsaturated/α-hetero) is 1. The van der Waals surface area contributed by atoms with Crippen LogP contribution in [0.1, 0.15) is 29.3 Å². The van der Waals surface area contributed by atoms with Crippen molar-refractivity contribution >= 4 is 11.6 Å². The standard InChI is InChI=1S/C12H14N2O/c1-9(15)10-5-2-3-6-11(10)12-13-7-4-8-14-12/h2-3,5-6H,4,7-8H2,1H3,(H,13,14). The molecule has 1 heterocycles. The fourth-order valence-electron chi connectivity index (χ4n) is 1.71. The number of nitrogens with one attached hydrogen (secondary N) is 1. The molecule has 2 rings (SSSR count). The van der Waals surface area contributed by atoms with E-state index in [2.05, 4.69) is 10.3 Å². The van der Waals surface area contributed by atoms with Gasteiger partial charge in [0.15, 0.2) is 5.78 Å². The van der Waals surface area contributed by atoms with Crippen molar-refractivity contribution in [3.8, 4) is 0 Å². The molecule has 0 bridgehead atoms. The molecule has 1 aromatic carbocycles. The first-order valence-corrected chi connectivity index (χ1v) is 5.17. The van der Waals surface area contributed by atoms with E-state index >= 15 is 0 Å². The highest BCUT2D eigenvalue weighted by atomic mass is 16.1. The minimum absolute atomic E-state index is 0.0840. The van der Waals surface area contributed by atoms with Gasteiger partial charge in [-0.05, 0) is 13.3 Å². The van der Waals surface area contributed by atoms with Gasteiger partial charge in [-0.3, -0.25) is 9.79 Å². The van der Waals surface area contributed by atoms with Crippen LogP contribution in [0.15, 0.2) is 29.3 Å². The van der Waals surface area contributed by atoms with Crippen LogP contribution < -0.4 is 5.32 Å². The molecule has 78 valence electrons. The Morgan fingerprint density at radius 1 is 1.40 bits per heavy atom. The van der Waals surface area contributed by atoms with Crippen LogP contribution in [0, 0.1) is 0 Å². The van der Waals surface area contributed by atoms with Crippen LogP contribution >= 0.6 is 0 Å². The number of carbonyl (C=O) groups is 1. The van der Waals surface area contributed by atoms with Crippen LogP contribution in [0.5, 0.6) is 0 Å². The second-order valence-corrected chi connectivity index (χ2v) is 3.61. The summed E-state index contributed by atoms with van der Waals surface area (Å²) in [6.07, 6.45) is 1.06. The Balaban J connectivity index is 2.42. The number of hydrogen-bond acceptors (Lipinski definition) is 3. The van der Waals surface area contributed by atoms with Crippen molar-refractivity contribution in [3.05, 3.63) is 35.4 Å². The molecule has 3 heteroatoms. The molecular formula is C12H14N2O. The molecular weight excluding hydrogens is 188 g/mol. The molecule has 0 radical (unpaired) electrons. The van der Waals surface area contributed by atoms with Crippen LogP contribution in [0.2, 0.25) is 0 Å². The SMILES string of the molecule is CC(=O)c1ccccc1C1=NCCCN1. The number of rotatable bonds is 2. The minimum Gasteiger partial charge on any atom is -0.370 e. The molecule has 0 amide bonds. The van der Waals surface area contributed by atoms with E-state index in [-0.39, 0.29) is 5.78 Å². The molecule has 0 fully saturated rings. The molecule has 1 aliphatic rings. The largest absolute Gasteiger partial charge is 0.370 e. The molecule has 15 heavy (non-hydrogen) atoms. The smallest absolute Gasteiger partial charge is 0.160 e. The van der Waals surface area contributed by atoms with Crippen molar-refractivity contribution in [1.29, 1.82) is 0 Å². The lowest BCUT2D eigenvalue weighted by Gasteiger charge is -2.16. The van der Waals surface area contributed by atoms with E-state index in [0.717, 1.165) is 36.5 Å². The maximum Gasteiger partial charge on any atom is 0.160 e. The normalized spacial score (nSPS) is 15.4. The van der Waals surface area contributed by atoms with E-state index in [1.807, 2.05) is 24.3 Å². The van der Waals surface area contributed by atoms with E-state index in [1.54, 1.807) is 6.92 Å². The third-order valence-corrected chi connectivity index (χ3v) is 2.46.